The van der Waals surface area contributed by atoms with Crippen LogP contribution in [0.15, 0.2) is 48.5 Å². The van der Waals surface area contributed by atoms with Crippen molar-refractivity contribution >= 4 is 11.8 Å². The third-order valence-electron chi connectivity index (χ3n) is 3.65. The molecule has 0 aliphatic rings. The van der Waals surface area contributed by atoms with Crippen LogP contribution in [0.5, 0.6) is 11.5 Å². The van der Waals surface area contributed by atoms with E-state index in [0.29, 0.717) is 22.6 Å². The molecule has 0 saturated carbocycles. The third-order valence-corrected chi connectivity index (χ3v) is 3.65. The third kappa shape index (κ3) is 4.73. The maximum atomic E-state index is 12.3. The molecule has 2 aromatic carbocycles. The van der Waals surface area contributed by atoms with Gasteiger partial charge in [0.05, 0.1) is 25.3 Å². The number of amides is 2. The van der Waals surface area contributed by atoms with Gasteiger partial charge in [-0.05, 0) is 31.2 Å². The quantitative estimate of drug-likeness (QED) is 0.809. The Hall–Kier alpha value is -3.02. The molecule has 2 amide bonds. The zero-order valence-corrected chi connectivity index (χ0v) is 14.5. The Morgan fingerprint density at radius 3 is 1.88 bits per heavy atom. The summed E-state index contributed by atoms with van der Waals surface area (Å²) in [6, 6.07) is 13.7. The number of hydrogen-bond donors (Lipinski definition) is 2. The summed E-state index contributed by atoms with van der Waals surface area (Å²) in [6.07, 6.45) is 0. The predicted molar refractivity (Wildman–Crippen MR) is 95.2 cm³/mol. The summed E-state index contributed by atoms with van der Waals surface area (Å²) in [5.74, 6) is 0.503. The maximum absolute atomic E-state index is 12.3. The molecule has 0 aliphatic carbocycles. The van der Waals surface area contributed by atoms with E-state index in [0.717, 1.165) is 0 Å². The topological polar surface area (TPSA) is 76.7 Å². The summed E-state index contributed by atoms with van der Waals surface area (Å²) in [6.45, 7) is 2.10. The normalized spacial score (nSPS) is 11.3. The van der Waals surface area contributed by atoms with Gasteiger partial charge in [-0.25, -0.2) is 0 Å². The number of carbonyl (C=O) groups excluding carboxylic acids is 2. The number of methoxy groups -OCH3 is 2. The van der Waals surface area contributed by atoms with Crippen molar-refractivity contribution in [2.24, 2.45) is 0 Å². The molecule has 2 N–H and O–H groups in total. The Bertz CT molecular complexity index is 746. The second-order valence-corrected chi connectivity index (χ2v) is 5.49. The van der Waals surface area contributed by atoms with Gasteiger partial charge in [-0.1, -0.05) is 24.3 Å². The molecule has 1 unspecified atom stereocenters. The number of para-hydroxylation sites is 2. The van der Waals surface area contributed by atoms with Crippen LogP contribution < -0.4 is 20.1 Å². The van der Waals surface area contributed by atoms with Crippen LogP contribution in [0.4, 0.5) is 0 Å². The fraction of sp³-hybridized carbons (Fsp3) is 0.263. The average molecular weight is 342 g/mol. The van der Waals surface area contributed by atoms with E-state index in [4.69, 9.17) is 9.47 Å². The van der Waals surface area contributed by atoms with Gasteiger partial charge in [0.25, 0.3) is 11.8 Å². The van der Waals surface area contributed by atoms with Gasteiger partial charge < -0.3 is 20.1 Å². The van der Waals surface area contributed by atoms with Gasteiger partial charge in [-0.3, -0.25) is 9.59 Å². The molecule has 0 spiro atoms. The van der Waals surface area contributed by atoms with E-state index in [1.807, 2.05) is 6.92 Å². The Kier molecular flexibility index (Phi) is 6.39. The standard InChI is InChI=1S/C19H22N2O4/c1-13(21-19(23)15-9-5-7-11-17(15)25-3)12-20-18(22)14-8-4-6-10-16(14)24-2/h4-11,13H,12H2,1-3H3,(H,20,22)(H,21,23). The van der Waals surface area contributed by atoms with Crippen LogP contribution in [0.2, 0.25) is 0 Å². The monoisotopic (exact) mass is 342 g/mol. The van der Waals surface area contributed by atoms with E-state index in [2.05, 4.69) is 10.6 Å². The largest absolute Gasteiger partial charge is 0.496 e. The van der Waals surface area contributed by atoms with Crippen molar-refractivity contribution in [3.05, 3.63) is 59.7 Å². The molecule has 0 saturated heterocycles. The van der Waals surface area contributed by atoms with Crippen molar-refractivity contribution in [1.29, 1.82) is 0 Å². The van der Waals surface area contributed by atoms with Gasteiger partial charge in [0, 0.05) is 12.6 Å². The first-order valence-corrected chi connectivity index (χ1v) is 7.92. The molecule has 0 bridgehead atoms. The first-order valence-electron chi connectivity index (χ1n) is 7.92. The van der Waals surface area contributed by atoms with E-state index in [9.17, 15) is 9.59 Å². The van der Waals surface area contributed by atoms with Crippen molar-refractivity contribution in [2.75, 3.05) is 20.8 Å². The predicted octanol–water partition coefficient (Wildman–Crippen LogP) is 2.25. The molecule has 132 valence electrons. The van der Waals surface area contributed by atoms with Gasteiger partial charge >= 0.3 is 0 Å². The molecular formula is C19H22N2O4. The summed E-state index contributed by atoms with van der Waals surface area (Å²) < 4.78 is 10.4. The van der Waals surface area contributed by atoms with Crippen molar-refractivity contribution in [3.63, 3.8) is 0 Å². The minimum absolute atomic E-state index is 0.253. The SMILES string of the molecule is COc1ccccc1C(=O)NCC(C)NC(=O)c1ccccc1OC. The molecule has 6 nitrogen and oxygen atoms in total. The summed E-state index contributed by atoms with van der Waals surface area (Å²) in [7, 11) is 3.03. The van der Waals surface area contributed by atoms with E-state index in [-0.39, 0.29) is 24.4 Å². The molecule has 2 aromatic rings. The first-order chi connectivity index (χ1) is 12.1. The molecule has 0 radical (unpaired) electrons. The molecule has 0 heterocycles. The van der Waals surface area contributed by atoms with Gasteiger partial charge in [0.15, 0.2) is 0 Å². The second kappa shape index (κ2) is 8.73. The van der Waals surface area contributed by atoms with Gasteiger partial charge in [-0.15, -0.1) is 0 Å². The maximum Gasteiger partial charge on any atom is 0.255 e. The first kappa shape index (κ1) is 18.3. The lowest BCUT2D eigenvalue weighted by molar-refractivity contribution is 0.0909. The Labute approximate surface area is 147 Å². The summed E-state index contributed by atoms with van der Waals surface area (Å²) in [4.78, 5) is 24.6. The highest BCUT2D eigenvalue weighted by Crippen LogP contribution is 2.18. The number of hydrogen-bond acceptors (Lipinski definition) is 4. The molecular weight excluding hydrogens is 320 g/mol. The van der Waals surface area contributed by atoms with Crippen molar-refractivity contribution < 1.29 is 19.1 Å². The van der Waals surface area contributed by atoms with E-state index in [1.165, 1.54) is 14.2 Å². The van der Waals surface area contributed by atoms with E-state index >= 15 is 0 Å². The minimum Gasteiger partial charge on any atom is -0.496 e. The van der Waals surface area contributed by atoms with Crippen molar-refractivity contribution in [1.82, 2.24) is 10.6 Å². The van der Waals surface area contributed by atoms with Crippen LogP contribution in [0, 0.1) is 0 Å². The lowest BCUT2D eigenvalue weighted by Crippen LogP contribution is -2.42. The number of ether oxygens (including phenoxy) is 2. The molecule has 6 heteroatoms. The lowest BCUT2D eigenvalue weighted by Gasteiger charge is -2.16. The average Bonchev–Trinajstić information content (AvgIpc) is 2.65. The molecule has 1 atom stereocenters. The van der Waals surface area contributed by atoms with E-state index < -0.39 is 0 Å². The summed E-state index contributed by atoms with van der Waals surface area (Å²) in [5.41, 5.74) is 0.904. The minimum atomic E-state index is -0.254. The molecule has 25 heavy (non-hydrogen) atoms. The Morgan fingerprint density at radius 1 is 0.880 bits per heavy atom. The van der Waals surface area contributed by atoms with E-state index in [1.54, 1.807) is 48.5 Å². The Balaban J connectivity index is 1.93. The number of nitrogens with one attached hydrogen (secondary N) is 2. The number of benzene rings is 2. The fourth-order valence-electron chi connectivity index (χ4n) is 2.36. The second-order valence-electron chi connectivity index (χ2n) is 5.49. The number of rotatable bonds is 7. The van der Waals surface area contributed by atoms with Crippen molar-refractivity contribution in [3.8, 4) is 11.5 Å². The molecule has 0 aliphatic heterocycles. The lowest BCUT2D eigenvalue weighted by atomic mass is 10.1. The van der Waals surface area contributed by atoms with Crippen LogP contribution in [-0.2, 0) is 0 Å². The van der Waals surface area contributed by atoms with Crippen LogP contribution in [0.25, 0.3) is 0 Å². The van der Waals surface area contributed by atoms with Gasteiger partial charge in [0.1, 0.15) is 11.5 Å². The molecule has 2 rings (SSSR count). The zero-order valence-electron chi connectivity index (χ0n) is 14.5. The fourth-order valence-corrected chi connectivity index (χ4v) is 2.36. The van der Waals surface area contributed by atoms with Crippen LogP contribution in [0.3, 0.4) is 0 Å². The van der Waals surface area contributed by atoms with Crippen LogP contribution >= 0.6 is 0 Å². The van der Waals surface area contributed by atoms with Crippen LogP contribution in [0.1, 0.15) is 27.6 Å². The van der Waals surface area contributed by atoms with Gasteiger partial charge in [0.2, 0.25) is 0 Å². The smallest absolute Gasteiger partial charge is 0.255 e. The molecule has 0 fully saturated rings. The molecule has 0 aromatic heterocycles. The highest BCUT2D eigenvalue weighted by Gasteiger charge is 2.16. The Morgan fingerprint density at radius 2 is 1.36 bits per heavy atom. The highest BCUT2D eigenvalue weighted by molar-refractivity contribution is 5.98. The summed E-state index contributed by atoms with van der Waals surface area (Å²) >= 11 is 0. The van der Waals surface area contributed by atoms with Gasteiger partial charge in [-0.2, -0.15) is 0 Å². The number of carbonyl (C=O) groups is 2. The zero-order chi connectivity index (χ0) is 18.2. The highest BCUT2D eigenvalue weighted by atomic mass is 16.5. The van der Waals surface area contributed by atoms with Crippen LogP contribution in [-0.4, -0.2) is 38.6 Å². The summed E-state index contributed by atoms with van der Waals surface area (Å²) in [5, 5.41) is 5.64. The van der Waals surface area contributed by atoms with Crippen molar-refractivity contribution in [2.45, 2.75) is 13.0 Å².